The van der Waals surface area contributed by atoms with Crippen LogP contribution in [0.25, 0.3) is 21.9 Å². The molecular weight excluding hydrogens is 373 g/mol. The minimum absolute atomic E-state index is 0.0155. The topological polar surface area (TPSA) is 39.8 Å². The normalized spacial score (nSPS) is 17.3. The minimum atomic E-state index is -0.295. The van der Waals surface area contributed by atoms with Crippen molar-refractivity contribution in [2.75, 3.05) is 0 Å². The highest BCUT2D eigenvalue weighted by atomic mass is 79.9. The van der Waals surface area contributed by atoms with Crippen molar-refractivity contribution in [1.82, 2.24) is 14.1 Å². The van der Waals surface area contributed by atoms with E-state index in [-0.39, 0.29) is 17.5 Å². The van der Waals surface area contributed by atoms with Gasteiger partial charge < -0.3 is 0 Å². The van der Waals surface area contributed by atoms with Gasteiger partial charge >= 0.3 is 5.69 Å². The van der Waals surface area contributed by atoms with Gasteiger partial charge in [-0.25, -0.2) is 9.18 Å². The van der Waals surface area contributed by atoms with E-state index in [2.05, 4.69) is 34.8 Å². The molecule has 0 spiro atoms. The molecule has 3 aromatic rings. The van der Waals surface area contributed by atoms with Crippen LogP contribution in [0.4, 0.5) is 4.39 Å². The lowest BCUT2D eigenvalue weighted by molar-refractivity contribution is 0.378. The van der Waals surface area contributed by atoms with Crippen molar-refractivity contribution in [2.45, 2.75) is 39.2 Å². The second-order valence-corrected chi connectivity index (χ2v) is 7.86. The number of halogens is 2. The summed E-state index contributed by atoms with van der Waals surface area (Å²) in [7, 11) is 1.78. The highest BCUT2D eigenvalue weighted by Gasteiger charge is 2.28. The van der Waals surface area contributed by atoms with Gasteiger partial charge in [0.1, 0.15) is 5.82 Å². The third kappa shape index (κ3) is 2.08. The molecule has 1 atom stereocenters. The molecule has 0 aliphatic carbocycles. The van der Waals surface area contributed by atoms with Crippen molar-refractivity contribution in [1.29, 1.82) is 0 Å². The van der Waals surface area contributed by atoms with Crippen LogP contribution in [0.1, 0.15) is 38.3 Å². The van der Waals surface area contributed by atoms with Crippen molar-refractivity contribution in [3.8, 4) is 0 Å². The molecule has 1 aliphatic rings. The van der Waals surface area contributed by atoms with Gasteiger partial charge in [-0.2, -0.15) is 0 Å². The molecule has 4 rings (SSSR count). The van der Waals surface area contributed by atoms with E-state index in [1.54, 1.807) is 17.8 Å². The van der Waals surface area contributed by atoms with Gasteiger partial charge in [-0.05, 0) is 46.7 Å². The van der Waals surface area contributed by atoms with Crippen LogP contribution in [0.5, 0.6) is 0 Å². The number of hydrogen-bond acceptors (Lipinski definition) is 2. The predicted molar refractivity (Wildman–Crippen MR) is 97.0 cm³/mol. The Hall–Kier alpha value is -1.69. The second-order valence-electron chi connectivity index (χ2n) is 7.07. The quantitative estimate of drug-likeness (QED) is 0.652. The third-order valence-corrected chi connectivity index (χ3v) is 5.89. The van der Waals surface area contributed by atoms with Gasteiger partial charge in [0.25, 0.3) is 0 Å². The summed E-state index contributed by atoms with van der Waals surface area (Å²) >= 11 is 3.41. The van der Waals surface area contributed by atoms with Crippen molar-refractivity contribution in [2.24, 2.45) is 13.0 Å². The first-order chi connectivity index (χ1) is 11.4. The molecule has 0 saturated carbocycles. The Morgan fingerprint density at radius 1 is 1.46 bits per heavy atom. The lowest BCUT2D eigenvalue weighted by atomic mass is 9.97. The number of aryl methyl sites for hydroxylation is 2. The Labute approximate surface area is 147 Å². The number of nitrogens with zero attached hydrogens (tertiary/aromatic N) is 3. The van der Waals surface area contributed by atoms with E-state index in [0.717, 1.165) is 41.2 Å². The predicted octanol–water partition coefficient (Wildman–Crippen LogP) is 4.32. The van der Waals surface area contributed by atoms with Crippen molar-refractivity contribution in [3.05, 3.63) is 38.6 Å². The molecule has 1 aliphatic heterocycles. The average molecular weight is 392 g/mol. The van der Waals surface area contributed by atoms with Crippen LogP contribution >= 0.6 is 15.9 Å². The lowest BCUT2D eigenvalue weighted by Gasteiger charge is -2.19. The summed E-state index contributed by atoms with van der Waals surface area (Å²) in [4.78, 5) is 17.3. The van der Waals surface area contributed by atoms with Gasteiger partial charge in [-0.15, -0.1) is 0 Å². The molecule has 0 bridgehead atoms. The van der Waals surface area contributed by atoms with E-state index in [9.17, 15) is 9.18 Å². The maximum Gasteiger partial charge on any atom is 0.329 e. The first kappa shape index (κ1) is 15.8. The molecule has 0 saturated heterocycles. The standard InChI is InChI=1S/C18H19BrFN3O/c1-9(2)6-10-4-5-11-15-13(7-12(20)16(11)19)21-8-14-17(15)23(10)18(24)22(14)3/h7-10H,4-6H2,1-3H3. The summed E-state index contributed by atoms with van der Waals surface area (Å²) < 4.78 is 18.3. The van der Waals surface area contributed by atoms with Crippen molar-refractivity contribution < 1.29 is 4.39 Å². The number of rotatable bonds is 2. The Kier molecular flexibility index (Phi) is 3.56. The average Bonchev–Trinajstić information content (AvgIpc) is 2.67. The highest BCUT2D eigenvalue weighted by molar-refractivity contribution is 9.10. The number of benzene rings is 1. The SMILES string of the molecule is CC(C)CC1CCc2c(Br)c(F)cc3ncc4c(c23)n1c(=O)n4C. The highest BCUT2D eigenvalue weighted by Crippen LogP contribution is 2.39. The fourth-order valence-corrected chi connectivity index (χ4v) is 4.49. The molecule has 24 heavy (non-hydrogen) atoms. The molecule has 0 radical (unpaired) electrons. The van der Waals surface area contributed by atoms with Gasteiger partial charge in [0.15, 0.2) is 0 Å². The van der Waals surface area contributed by atoms with Crippen LogP contribution in [-0.2, 0) is 13.5 Å². The Morgan fingerprint density at radius 3 is 2.92 bits per heavy atom. The first-order valence-corrected chi connectivity index (χ1v) is 9.06. The van der Waals surface area contributed by atoms with Crippen LogP contribution in [0.3, 0.4) is 0 Å². The second kappa shape index (κ2) is 5.41. The smallest absolute Gasteiger partial charge is 0.293 e. The van der Waals surface area contributed by atoms with E-state index >= 15 is 0 Å². The van der Waals surface area contributed by atoms with Crippen LogP contribution in [0.15, 0.2) is 21.5 Å². The Balaban J connectivity index is 2.19. The zero-order valence-corrected chi connectivity index (χ0v) is 15.5. The van der Waals surface area contributed by atoms with Gasteiger partial charge in [-0.1, -0.05) is 13.8 Å². The van der Waals surface area contributed by atoms with Crippen molar-refractivity contribution >= 4 is 37.9 Å². The van der Waals surface area contributed by atoms with E-state index in [1.165, 1.54) is 6.07 Å². The Bertz CT molecular complexity index is 1030. The van der Waals surface area contributed by atoms with Gasteiger partial charge in [0, 0.05) is 24.5 Å². The van der Waals surface area contributed by atoms with Crippen molar-refractivity contribution in [3.63, 3.8) is 0 Å². The zero-order valence-electron chi connectivity index (χ0n) is 13.9. The van der Waals surface area contributed by atoms with Gasteiger partial charge in [0.05, 0.1) is 27.2 Å². The molecule has 6 heteroatoms. The fourth-order valence-electron chi connectivity index (χ4n) is 3.98. The molecule has 126 valence electrons. The summed E-state index contributed by atoms with van der Waals surface area (Å²) in [5, 5.41) is 0.907. The molecule has 0 fully saturated rings. The summed E-state index contributed by atoms with van der Waals surface area (Å²) in [5.74, 6) is 0.187. The fraction of sp³-hybridized carbons (Fsp3) is 0.444. The first-order valence-electron chi connectivity index (χ1n) is 8.26. The number of aromatic nitrogens is 3. The van der Waals surface area contributed by atoms with E-state index in [1.807, 2.05) is 4.57 Å². The summed E-state index contributed by atoms with van der Waals surface area (Å²) in [6.45, 7) is 4.34. The number of imidazole rings is 1. The maximum atomic E-state index is 14.3. The van der Waals surface area contributed by atoms with Crippen LogP contribution in [-0.4, -0.2) is 14.1 Å². The van der Waals surface area contributed by atoms with Gasteiger partial charge in [-0.3, -0.25) is 14.1 Å². The lowest BCUT2D eigenvalue weighted by Crippen LogP contribution is -2.27. The molecule has 1 unspecified atom stereocenters. The van der Waals surface area contributed by atoms with Gasteiger partial charge in [0.2, 0.25) is 0 Å². The summed E-state index contributed by atoms with van der Waals surface area (Å²) in [6, 6.07) is 1.57. The monoisotopic (exact) mass is 391 g/mol. The third-order valence-electron chi connectivity index (χ3n) is 5.03. The largest absolute Gasteiger partial charge is 0.329 e. The van der Waals surface area contributed by atoms with E-state index < -0.39 is 0 Å². The molecule has 3 heterocycles. The summed E-state index contributed by atoms with van der Waals surface area (Å²) in [5.41, 5.74) is 3.23. The van der Waals surface area contributed by atoms with E-state index in [4.69, 9.17) is 0 Å². The summed E-state index contributed by atoms with van der Waals surface area (Å²) in [6.07, 6.45) is 4.17. The van der Waals surface area contributed by atoms with Crippen LogP contribution < -0.4 is 5.69 Å². The molecular formula is C18H19BrFN3O. The number of hydrogen-bond donors (Lipinski definition) is 0. The van der Waals surface area contributed by atoms with Crippen LogP contribution in [0, 0.1) is 11.7 Å². The zero-order chi connectivity index (χ0) is 17.2. The molecule has 2 aromatic heterocycles. The molecule has 0 N–H and O–H groups in total. The van der Waals surface area contributed by atoms with E-state index in [0.29, 0.717) is 15.9 Å². The maximum absolute atomic E-state index is 14.3. The number of pyridine rings is 1. The molecule has 1 aromatic carbocycles. The minimum Gasteiger partial charge on any atom is -0.293 e. The van der Waals surface area contributed by atoms with Crippen LogP contribution in [0.2, 0.25) is 0 Å². The Morgan fingerprint density at radius 2 is 2.21 bits per heavy atom. The molecule has 4 nitrogen and oxygen atoms in total. The molecule has 0 amide bonds.